The third-order valence-corrected chi connectivity index (χ3v) is 6.05. The summed E-state index contributed by atoms with van der Waals surface area (Å²) in [4.78, 5) is 22.3. The molecule has 0 aliphatic heterocycles. The van der Waals surface area contributed by atoms with Crippen LogP contribution in [-0.2, 0) is 0 Å². The number of amides is 1. The highest BCUT2D eigenvalue weighted by molar-refractivity contribution is 7.22. The second kappa shape index (κ2) is 10.4. The van der Waals surface area contributed by atoms with E-state index in [0.717, 1.165) is 35.6 Å². The first-order valence-corrected chi connectivity index (χ1v) is 11.1. The van der Waals surface area contributed by atoms with E-state index in [2.05, 4.69) is 18.7 Å². The van der Waals surface area contributed by atoms with Crippen molar-refractivity contribution in [3.63, 3.8) is 0 Å². The van der Waals surface area contributed by atoms with Crippen LogP contribution < -0.4 is 14.4 Å². The fourth-order valence-electron chi connectivity index (χ4n) is 3.30. The molecule has 6 nitrogen and oxygen atoms in total. The highest BCUT2D eigenvalue weighted by Gasteiger charge is 2.24. The van der Waals surface area contributed by atoms with E-state index >= 15 is 0 Å². The molecule has 0 spiro atoms. The Morgan fingerprint density at radius 1 is 1.07 bits per heavy atom. The van der Waals surface area contributed by atoms with Crippen LogP contribution in [0.3, 0.4) is 0 Å². The molecule has 3 rings (SSSR count). The Morgan fingerprint density at radius 2 is 1.83 bits per heavy atom. The van der Waals surface area contributed by atoms with Crippen LogP contribution in [0.5, 0.6) is 11.5 Å². The van der Waals surface area contributed by atoms with Crippen LogP contribution in [0.25, 0.3) is 10.2 Å². The number of rotatable bonds is 10. The molecule has 0 radical (unpaired) electrons. The predicted molar refractivity (Wildman–Crippen MR) is 123 cm³/mol. The molecule has 2 aromatic carbocycles. The van der Waals surface area contributed by atoms with E-state index in [4.69, 9.17) is 14.5 Å². The van der Waals surface area contributed by atoms with Crippen LogP contribution in [0.4, 0.5) is 5.13 Å². The molecule has 0 saturated heterocycles. The van der Waals surface area contributed by atoms with Gasteiger partial charge in [-0.2, -0.15) is 0 Å². The third kappa shape index (κ3) is 4.91. The SMILES string of the molecule is CCOc1ccc2nc(N(CCN(CC)CC)C(=O)c3ccccc3OC)sc2c1. The number of likely N-dealkylation sites (N-methyl/N-ethyl adjacent to an activating group) is 1. The standard InChI is InChI=1S/C23H29N3O3S/c1-5-25(6-2)14-15-26(22(27)18-10-8-9-11-20(18)28-4)23-24-19-13-12-17(29-7-3)16-21(19)30-23/h8-13,16H,5-7,14-15H2,1-4H3. The molecule has 0 atom stereocenters. The van der Waals surface area contributed by atoms with Crippen molar-refractivity contribution in [2.75, 3.05) is 44.8 Å². The maximum absolute atomic E-state index is 13.5. The number of aromatic nitrogens is 1. The number of para-hydroxylation sites is 1. The molecule has 1 amide bonds. The molecule has 7 heteroatoms. The Morgan fingerprint density at radius 3 is 2.53 bits per heavy atom. The van der Waals surface area contributed by atoms with Crippen LogP contribution in [0, 0.1) is 0 Å². The van der Waals surface area contributed by atoms with Crippen molar-refractivity contribution in [2.24, 2.45) is 0 Å². The van der Waals surface area contributed by atoms with Crippen molar-refractivity contribution in [1.29, 1.82) is 0 Å². The number of thiazole rings is 1. The number of hydrogen-bond donors (Lipinski definition) is 0. The van der Waals surface area contributed by atoms with E-state index in [-0.39, 0.29) is 5.91 Å². The summed E-state index contributed by atoms with van der Waals surface area (Å²) in [5.41, 5.74) is 1.40. The second-order valence-electron chi connectivity index (χ2n) is 6.74. The van der Waals surface area contributed by atoms with Crippen molar-refractivity contribution in [3.8, 4) is 11.5 Å². The van der Waals surface area contributed by atoms with Gasteiger partial charge in [-0.3, -0.25) is 9.69 Å². The third-order valence-electron chi connectivity index (χ3n) is 5.01. The summed E-state index contributed by atoms with van der Waals surface area (Å²) in [6.45, 7) is 10.0. The van der Waals surface area contributed by atoms with Gasteiger partial charge in [-0.1, -0.05) is 37.3 Å². The van der Waals surface area contributed by atoms with Gasteiger partial charge < -0.3 is 14.4 Å². The number of fused-ring (bicyclic) bond motifs is 1. The summed E-state index contributed by atoms with van der Waals surface area (Å²) in [5.74, 6) is 1.27. The number of carbonyl (C=O) groups is 1. The first-order valence-electron chi connectivity index (χ1n) is 10.3. The lowest BCUT2D eigenvalue weighted by molar-refractivity contribution is 0.0981. The molecule has 0 fully saturated rings. The molecular formula is C23H29N3O3S. The number of hydrogen-bond acceptors (Lipinski definition) is 6. The first-order chi connectivity index (χ1) is 14.6. The number of ether oxygens (including phenoxy) is 2. The average Bonchev–Trinajstić information content (AvgIpc) is 3.19. The molecule has 0 unspecified atom stereocenters. The van der Waals surface area contributed by atoms with Gasteiger partial charge in [0.1, 0.15) is 11.5 Å². The number of benzene rings is 2. The highest BCUT2D eigenvalue weighted by atomic mass is 32.1. The molecule has 30 heavy (non-hydrogen) atoms. The number of nitrogens with zero attached hydrogens (tertiary/aromatic N) is 3. The van der Waals surface area contributed by atoms with Gasteiger partial charge in [0.2, 0.25) is 0 Å². The smallest absolute Gasteiger partial charge is 0.263 e. The summed E-state index contributed by atoms with van der Waals surface area (Å²) >= 11 is 1.50. The van der Waals surface area contributed by atoms with E-state index < -0.39 is 0 Å². The van der Waals surface area contributed by atoms with Crippen LogP contribution in [0.15, 0.2) is 42.5 Å². The molecule has 0 saturated carbocycles. The number of carbonyl (C=O) groups excluding carboxylic acids is 1. The molecule has 0 N–H and O–H groups in total. The molecular weight excluding hydrogens is 398 g/mol. The van der Waals surface area contributed by atoms with Gasteiger partial charge in [-0.05, 0) is 50.3 Å². The molecule has 0 bridgehead atoms. The van der Waals surface area contributed by atoms with E-state index in [1.54, 1.807) is 18.1 Å². The number of methoxy groups -OCH3 is 1. The van der Waals surface area contributed by atoms with Gasteiger partial charge >= 0.3 is 0 Å². The van der Waals surface area contributed by atoms with Crippen molar-refractivity contribution in [2.45, 2.75) is 20.8 Å². The zero-order valence-corrected chi connectivity index (χ0v) is 18.9. The second-order valence-corrected chi connectivity index (χ2v) is 7.75. The van der Waals surface area contributed by atoms with Crippen LogP contribution >= 0.6 is 11.3 Å². The van der Waals surface area contributed by atoms with E-state index in [1.807, 2.05) is 43.3 Å². The minimum Gasteiger partial charge on any atom is -0.496 e. The minimum atomic E-state index is -0.108. The van der Waals surface area contributed by atoms with E-state index in [0.29, 0.717) is 29.6 Å². The topological polar surface area (TPSA) is 54.9 Å². The quantitative estimate of drug-likeness (QED) is 0.470. The van der Waals surface area contributed by atoms with Crippen LogP contribution in [0.1, 0.15) is 31.1 Å². The lowest BCUT2D eigenvalue weighted by atomic mass is 10.1. The Bertz CT molecular complexity index is 985. The fraction of sp³-hybridized carbons (Fsp3) is 0.391. The Balaban J connectivity index is 1.98. The maximum Gasteiger partial charge on any atom is 0.263 e. The largest absolute Gasteiger partial charge is 0.496 e. The molecule has 160 valence electrons. The summed E-state index contributed by atoms with van der Waals surface area (Å²) in [7, 11) is 1.58. The lowest BCUT2D eigenvalue weighted by Gasteiger charge is -2.25. The summed E-state index contributed by atoms with van der Waals surface area (Å²) in [6, 6.07) is 13.2. The summed E-state index contributed by atoms with van der Waals surface area (Å²) in [5, 5.41) is 0.682. The predicted octanol–water partition coefficient (Wildman–Crippen LogP) is 4.69. The van der Waals surface area contributed by atoms with Crippen molar-refractivity contribution < 1.29 is 14.3 Å². The van der Waals surface area contributed by atoms with E-state index in [1.165, 1.54) is 11.3 Å². The van der Waals surface area contributed by atoms with E-state index in [9.17, 15) is 4.79 Å². The maximum atomic E-state index is 13.5. The first kappa shape index (κ1) is 22.1. The van der Waals surface area contributed by atoms with Gasteiger partial charge in [-0.15, -0.1) is 0 Å². The lowest BCUT2D eigenvalue weighted by Crippen LogP contribution is -2.39. The molecule has 0 aliphatic carbocycles. The molecule has 0 aliphatic rings. The highest BCUT2D eigenvalue weighted by Crippen LogP contribution is 2.33. The zero-order chi connectivity index (χ0) is 21.5. The van der Waals surface area contributed by atoms with Crippen LogP contribution in [-0.4, -0.2) is 55.7 Å². The molecule has 1 aromatic heterocycles. The average molecular weight is 428 g/mol. The van der Waals surface area contributed by atoms with Gasteiger partial charge in [0.25, 0.3) is 5.91 Å². The fourth-order valence-corrected chi connectivity index (χ4v) is 4.32. The van der Waals surface area contributed by atoms with Crippen molar-refractivity contribution in [1.82, 2.24) is 9.88 Å². The van der Waals surface area contributed by atoms with Crippen molar-refractivity contribution in [3.05, 3.63) is 48.0 Å². The van der Waals surface area contributed by atoms with Gasteiger partial charge in [-0.25, -0.2) is 4.98 Å². The normalized spacial score (nSPS) is 11.1. The summed E-state index contributed by atoms with van der Waals surface area (Å²) in [6.07, 6.45) is 0. The van der Waals surface area contributed by atoms with Gasteiger partial charge in [0, 0.05) is 13.1 Å². The summed E-state index contributed by atoms with van der Waals surface area (Å²) < 4.78 is 12.0. The number of anilines is 1. The van der Waals surface area contributed by atoms with Gasteiger partial charge in [0.05, 0.1) is 29.5 Å². The Hall–Kier alpha value is -2.64. The Labute approximate surface area is 182 Å². The molecule has 3 aromatic rings. The van der Waals surface area contributed by atoms with Gasteiger partial charge in [0.15, 0.2) is 5.13 Å². The van der Waals surface area contributed by atoms with Crippen molar-refractivity contribution >= 4 is 32.6 Å². The zero-order valence-electron chi connectivity index (χ0n) is 18.1. The minimum absolute atomic E-state index is 0.108. The Kier molecular flexibility index (Phi) is 7.65. The van der Waals surface area contributed by atoms with Crippen LogP contribution in [0.2, 0.25) is 0 Å². The molecule has 1 heterocycles. The monoisotopic (exact) mass is 427 g/mol.